The summed E-state index contributed by atoms with van der Waals surface area (Å²) in [5.74, 6) is -1.94. The molecule has 1 aliphatic rings. The van der Waals surface area contributed by atoms with Gasteiger partial charge in [-0.25, -0.2) is 8.78 Å². The second-order valence-corrected chi connectivity index (χ2v) is 4.36. The quantitative estimate of drug-likeness (QED) is 0.669. The van der Waals surface area contributed by atoms with Crippen molar-refractivity contribution in [3.05, 3.63) is 0 Å². The van der Waals surface area contributed by atoms with E-state index in [1.165, 1.54) is 0 Å². The number of hydrogen-bond donors (Lipinski definition) is 2. The molecule has 0 bridgehead atoms. The van der Waals surface area contributed by atoms with Crippen LogP contribution in [0.15, 0.2) is 0 Å². The smallest absolute Gasteiger partial charge is 0.248 e. The Morgan fingerprint density at radius 3 is 2.33 bits per heavy atom. The van der Waals surface area contributed by atoms with E-state index in [1.807, 2.05) is 0 Å². The molecule has 0 aromatic rings. The molecule has 15 heavy (non-hydrogen) atoms. The predicted octanol–water partition coefficient (Wildman–Crippen LogP) is 2.01. The van der Waals surface area contributed by atoms with E-state index in [9.17, 15) is 8.78 Å². The van der Waals surface area contributed by atoms with Gasteiger partial charge in [-0.2, -0.15) is 0 Å². The summed E-state index contributed by atoms with van der Waals surface area (Å²) in [4.78, 5) is 0. The predicted molar refractivity (Wildman–Crippen MR) is 58.3 cm³/mol. The number of alkyl halides is 2. The average molecular weight is 220 g/mol. The number of nitrogens with one attached hydrogen (secondary N) is 2. The highest BCUT2D eigenvalue weighted by Crippen LogP contribution is 2.35. The van der Waals surface area contributed by atoms with Crippen molar-refractivity contribution in [1.82, 2.24) is 10.6 Å². The van der Waals surface area contributed by atoms with Crippen molar-refractivity contribution in [2.24, 2.45) is 5.92 Å². The summed E-state index contributed by atoms with van der Waals surface area (Å²) in [6.07, 6.45) is 1.49. The third-order valence-corrected chi connectivity index (χ3v) is 3.00. The number of rotatable bonds is 6. The highest BCUT2D eigenvalue weighted by Gasteiger charge is 2.34. The molecule has 4 heteroatoms. The fraction of sp³-hybridized carbons (Fsp3) is 1.00. The first kappa shape index (κ1) is 12.8. The molecule has 1 fully saturated rings. The zero-order valence-electron chi connectivity index (χ0n) is 9.49. The Bertz CT molecular complexity index is 164. The fourth-order valence-electron chi connectivity index (χ4n) is 1.96. The fourth-order valence-corrected chi connectivity index (χ4v) is 1.96. The highest BCUT2D eigenvalue weighted by atomic mass is 19.3. The minimum atomic E-state index is -2.39. The first-order valence-corrected chi connectivity index (χ1v) is 5.93. The van der Waals surface area contributed by atoms with E-state index < -0.39 is 5.92 Å². The van der Waals surface area contributed by atoms with Gasteiger partial charge in [0.2, 0.25) is 5.92 Å². The zero-order valence-corrected chi connectivity index (χ0v) is 9.49. The van der Waals surface area contributed by atoms with Crippen LogP contribution in [-0.2, 0) is 0 Å². The summed E-state index contributed by atoms with van der Waals surface area (Å²) in [6, 6.07) is 0. The van der Waals surface area contributed by atoms with Gasteiger partial charge in [0.05, 0.1) is 0 Å². The average Bonchev–Trinajstić information content (AvgIpc) is 2.20. The molecule has 1 rings (SSSR count). The molecule has 0 saturated heterocycles. The van der Waals surface area contributed by atoms with Gasteiger partial charge in [-0.05, 0) is 31.8 Å². The maximum Gasteiger partial charge on any atom is 0.248 e. The van der Waals surface area contributed by atoms with Crippen molar-refractivity contribution in [3.63, 3.8) is 0 Å². The number of likely N-dealkylation sites (N-methyl/N-ethyl adjacent to an activating group) is 1. The van der Waals surface area contributed by atoms with E-state index in [0.29, 0.717) is 18.8 Å². The first-order valence-electron chi connectivity index (χ1n) is 5.93. The van der Waals surface area contributed by atoms with Crippen LogP contribution in [0.3, 0.4) is 0 Å². The molecule has 0 aliphatic heterocycles. The Kier molecular flexibility index (Phi) is 5.47. The van der Waals surface area contributed by atoms with Gasteiger partial charge >= 0.3 is 0 Å². The molecule has 2 N–H and O–H groups in total. The van der Waals surface area contributed by atoms with Gasteiger partial charge in [0.1, 0.15) is 0 Å². The molecule has 1 saturated carbocycles. The van der Waals surface area contributed by atoms with Gasteiger partial charge in [-0.3, -0.25) is 0 Å². The summed E-state index contributed by atoms with van der Waals surface area (Å²) >= 11 is 0. The molecule has 0 aromatic carbocycles. The van der Waals surface area contributed by atoms with E-state index in [2.05, 4.69) is 17.6 Å². The SMILES string of the molecule is CCNCCNCC1CCC(F)(F)CC1. The van der Waals surface area contributed by atoms with Crippen LogP contribution in [0.2, 0.25) is 0 Å². The van der Waals surface area contributed by atoms with Crippen LogP contribution in [0.25, 0.3) is 0 Å². The van der Waals surface area contributed by atoms with Gasteiger partial charge < -0.3 is 10.6 Å². The molecular weight excluding hydrogens is 198 g/mol. The van der Waals surface area contributed by atoms with Gasteiger partial charge in [-0.1, -0.05) is 6.92 Å². The number of hydrogen-bond acceptors (Lipinski definition) is 2. The second kappa shape index (κ2) is 6.38. The van der Waals surface area contributed by atoms with Crippen molar-refractivity contribution in [2.45, 2.75) is 38.5 Å². The third-order valence-electron chi connectivity index (χ3n) is 3.00. The minimum absolute atomic E-state index is 0.0759. The van der Waals surface area contributed by atoms with E-state index in [4.69, 9.17) is 0 Å². The Hall–Kier alpha value is -0.220. The van der Waals surface area contributed by atoms with Crippen LogP contribution in [0, 0.1) is 5.92 Å². The Morgan fingerprint density at radius 2 is 1.73 bits per heavy atom. The van der Waals surface area contributed by atoms with E-state index >= 15 is 0 Å². The lowest BCUT2D eigenvalue weighted by atomic mass is 9.87. The molecule has 90 valence electrons. The number of halogens is 2. The molecular formula is C11H22F2N2. The Labute approximate surface area is 90.8 Å². The van der Waals surface area contributed by atoms with Gasteiger partial charge in [-0.15, -0.1) is 0 Å². The summed E-state index contributed by atoms with van der Waals surface area (Å²) in [7, 11) is 0. The van der Waals surface area contributed by atoms with E-state index in [0.717, 1.165) is 26.2 Å². The minimum Gasteiger partial charge on any atom is -0.316 e. The van der Waals surface area contributed by atoms with Crippen molar-refractivity contribution in [2.75, 3.05) is 26.2 Å². The second-order valence-electron chi connectivity index (χ2n) is 4.36. The van der Waals surface area contributed by atoms with Gasteiger partial charge in [0.25, 0.3) is 0 Å². The van der Waals surface area contributed by atoms with E-state index in [-0.39, 0.29) is 12.8 Å². The molecule has 2 nitrogen and oxygen atoms in total. The lowest BCUT2D eigenvalue weighted by Crippen LogP contribution is -2.34. The standard InChI is InChI=1S/C11H22F2N2/c1-2-14-7-8-15-9-10-3-5-11(12,13)6-4-10/h10,14-15H,2-9H2,1H3. The highest BCUT2D eigenvalue weighted by molar-refractivity contribution is 4.78. The molecule has 0 unspecified atom stereocenters. The van der Waals surface area contributed by atoms with E-state index in [1.54, 1.807) is 0 Å². The maximum atomic E-state index is 12.8. The zero-order chi connectivity index (χ0) is 11.1. The largest absolute Gasteiger partial charge is 0.316 e. The summed E-state index contributed by atoms with van der Waals surface area (Å²) in [5.41, 5.74) is 0. The van der Waals surface area contributed by atoms with Crippen LogP contribution in [0.5, 0.6) is 0 Å². The first-order chi connectivity index (χ1) is 7.14. The van der Waals surface area contributed by atoms with Crippen LogP contribution in [0.1, 0.15) is 32.6 Å². The Balaban J connectivity index is 1.99. The molecule has 1 aliphatic carbocycles. The van der Waals surface area contributed by atoms with Crippen molar-refractivity contribution >= 4 is 0 Å². The van der Waals surface area contributed by atoms with Gasteiger partial charge in [0.15, 0.2) is 0 Å². The normalized spacial score (nSPS) is 21.8. The van der Waals surface area contributed by atoms with Crippen molar-refractivity contribution in [1.29, 1.82) is 0 Å². The maximum absolute atomic E-state index is 12.8. The summed E-state index contributed by atoms with van der Waals surface area (Å²) in [5, 5.41) is 6.53. The van der Waals surface area contributed by atoms with Crippen LogP contribution >= 0.6 is 0 Å². The molecule has 0 amide bonds. The summed E-state index contributed by atoms with van der Waals surface area (Å²) in [6.45, 7) is 5.84. The van der Waals surface area contributed by atoms with Crippen LogP contribution < -0.4 is 10.6 Å². The molecule has 0 spiro atoms. The third kappa shape index (κ3) is 5.42. The van der Waals surface area contributed by atoms with Gasteiger partial charge in [0, 0.05) is 25.9 Å². The topological polar surface area (TPSA) is 24.1 Å². The van der Waals surface area contributed by atoms with Crippen molar-refractivity contribution < 1.29 is 8.78 Å². The lowest BCUT2D eigenvalue weighted by Gasteiger charge is -2.28. The molecule has 0 atom stereocenters. The Morgan fingerprint density at radius 1 is 1.13 bits per heavy atom. The lowest BCUT2D eigenvalue weighted by molar-refractivity contribution is -0.0454. The van der Waals surface area contributed by atoms with Crippen LogP contribution in [0.4, 0.5) is 8.78 Å². The van der Waals surface area contributed by atoms with Crippen molar-refractivity contribution in [3.8, 4) is 0 Å². The van der Waals surface area contributed by atoms with Crippen LogP contribution in [-0.4, -0.2) is 32.1 Å². The summed E-state index contributed by atoms with van der Waals surface area (Å²) < 4.78 is 25.7. The molecule has 0 radical (unpaired) electrons. The molecule has 0 heterocycles. The molecule has 0 aromatic heterocycles. The monoisotopic (exact) mass is 220 g/mol.